The molecule has 4 nitrogen and oxygen atoms in total. The first-order chi connectivity index (χ1) is 24.2. The molecule has 0 bridgehead atoms. The topological polar surface area (TPSA) is 36.9 Å². The monoisotopic (exact) mass is 680 g/mol. The fourth-order valence-corrected chi connectivity index (χ4v) is 10.5. The number of hydrogen-bond acceptors (Lipinski definition) is 4. The Morgan fingerprint density at radius 1 is 0.449 bits per heavy atom. The van der Waals surface area contributed by atoms with Gasteiger partial charge in [0.1, 0.15) is 11.5 Å². The van der Waals surface area contributed by atoms with Gasteiger partial charge >= 0.3 is 0 Å². The highest BCUT2D eigenvalue weighted by Gasteiger charge is 2.57. The Morgan fingerprint density at radius 3 is 1.08 bits per heavy atom. The minimum absolute atomic E-state index is 0.167. The van der Waals surface area contributed by atoms with E-state index in [0.29, 0.717) is 0 Å². The third-order valence-electron chi connectivity index (χ3n) is 9.17. The molecule has 6 aromatic carbocycles. The van der Waals surface area contributed by atoms with Gasteiger partial charge in [0, 0.05) is 21.2 Å². The minimum atomic E-state index is -1.19. The van der Waals surface area contributed by atoms with E-state index in [2.05, 4.69) is 147 Å². The highest BCUT2D eigenvalue weighted by Crippen LogP contribution is 2.63. The largest absolute Gasteiger partial charge is 0.464 e. The van der Waals surface area contributed by atoms with Crippen LogP contribution < -0.4 is 30.3 Å². The lowest BCUT2D eigenvalue weighted by atomic mass is 9.90. The lowest BCUT2D eigenvalue weighted by Gasteiger charge is -2.31. The molecule has 49 heavy (non-hydrogen) atoms. The molecule has 0 N–H and O–H groups in total. The van der Waals surface area contributed by atoms with E-state index in [-0.39, 0.29) is 12.2 Å². The van der Waals surface area contributed by atoms with E-state index >= 15 is 0 Å². The molecule has 0 radical (unpaired) electrons. The van der Waals surface area contributed by atoms with Crippen LogP contribution in [-0.4, -0.2) is 0 Å². The highest BCUT2D eigenvalue weighted by molar-refractivity contribution is 7.69. The van der Waals surface area contributed by atoms with Crippen molar-refractivity contribution in [2.24, 2.45) is 0 Å². The van der Waals surface area contributed by atoms with Crippen molar-refractivity contribution in [1.82, 2.24) is 0 Å². The zero-order valence-corrected chi connectivity index (χ0v) is 29.4. The van der Waals surface area contributed by atoms with Crippen molar-refractivity contribution in [3.05, 3.63) is 180 Å². The summed E-state index contributed by atoms with van der Waals surface area (Å²) in [5.74, 6) is 0.360. The predicted molar refractivity (Wildman–Crippen MR) is 201 cm³/mol. The van der Waals surface area contributed by atoms with Crippen LogP contribution in [0.5, 0.6) is 11.5 Å². The van der Waals surface area contributed by atoms with Crippen molar-refractivity contribution in [1.29, 1.82) is 0 Å². The van der Waals surface area contributed by atoms with E-state index < -0.39 is 22.1 Å². The molecule has 2 aliphatic rings. The Bertz CT molecular complexity index is 1790. The molecule has 6 aromatic rings. The van der Waals surface area contributed by atoms with Gasteiger partial charge in [-0.05, 0) is 36.1 Å². The lowest BCUT2D eigenvalue weighted by Crippen LogP contribution is -2.29. The Labute approximate surface area is 291 Å². The minimum Gasteiger partial charge on any atom is -0.464 e. The van der Waals surface area contributed by atoms with Crippen LogP contribution in [-0.2, 0) is 15.3 Å². The summed E-state index contributed by atoms with van der Waals surface area (Å²) >= 11 is 0. The molecule has 2 heterocycles. The average Bonchev–Trinajstić information content (AvgIpc) is 3.68. The molecule has 244 valence electrons. The van der Waals surface area contributed by atoms with Gasteiger partial charge in [-0.1, -0.05) is 159 Å². The van der Waals surface area contributed by atoms with E-state index in [9.17, 15) is 0 Å². The molecule has 0 fully saturated rings. The van der Waals surface area contributed by atoms with Crippen LogP contribution in [0.25, 0.3) is 0 Å². The molecular weight excluding hydrogens is 642 g/mol. The summed E-state index contributed by atoms with van der Waals surface area (Å²) in [6.45, 7) is 4.34. The maximum atomic E-state index is 7.22. The average molecular weight is 681 g/mol. The lowest BCUT2D eigenvalue weighted by molar-refractivity contribution is -0.236. The molecular formula is C43H38O4P2. The molecule has 2 atom stereocenters. The smallest absolute Gasteiger partial charge is 0.231 e. The molecule has 0 amide bonds. The molecule has 8 rings (SSSR count). The summed E-state index contributed by atoms with van der Waals surface area (Å²) in [6, 6.07) is 54.7. The first-order valence-corrected chi connectivity index (χ1v) is 19.5. The van der Waals surface area contributed by atoms with Crippen molar-refractivity contribution in [3.63, 3.8) is 0 Å². The number of hydrogen-bond donors (Lipinski definition) is 0. The van der Waals surface area contributed by atoms with Crippen LogP contribution in [0.3, 0.4) is 0 Å². The van der Waals surface area contributed by atoms with Crippen molar-refractivity contribution in [3.8, 4) is 11.5 Å². The van der Waals surface area contributed by atoms with Gasteiger partial charge in [0.15, 0.2) is 16.3 Å². The van der Waals surface area contributed by atoms with Gasteiger partial charge in [-0.3, -0.25) is 0 Å². The second-order valence-electron chi connectivity index (χ2n) is 12.2. The van der Waals surface area contributed by atoms with E-state index in [1.807, 2.05) is 24.3 Å². The van der Waals surface area contributed by atoms with Crippen LogP contribution in [0.4, 0.5) is 0 Å². The van der Waals surface area contributed by atoms with Gasteiger partial charge < -0.3 is 18.5 Å². The standard InChI is InChI=1S/C43H38O4P2/c1-3-37-35-27-17-29-39(46-48(31-19-9-5-10-20-31)32-21-11-6-12-22-32)41(35)43(44-37)42-36(38(4-2)45-43)28-18-30-40(42)47-49(33-23-13-7-14-24-33)34-25-15-8-16-26-34/h5-30,37-38H,3-4H2,1-2H3/t37-,38-,43?/m1/s1. The molecule has 6 heteroatoms. The number of fused-ring (bicyclic) bond motifs is 4. The predicted octanol–water partition coefficient (Wildman–Crippen LogP) is 9.70. The summed E-state index contributed by atoms with van der Waals surface area (Å²) in [6.07, 6.45) is 1.26. The zero-order valence-electron chi connectivity index (χ0n) is 27.6. The number of rotatable bonds is 10. The number of ether oxygens (including phenoxy) is 2. The van der Waals surface area contributed by atoms with Crippen LogP contribution in [0.1, 0.15) is 61.2 Å². The second-order valence-corrected chi connectivity index (χ2v) is 15.8. The van der Waals surface area contributed by atoms with E-state index in [0.717, 1.165) is 67.8 Å². The first-order valence-electron chi connectivity index (χ1n) is 17.0. The van der Waals surface area contributed by atoms with Crippen LogP contribution in [0.15, 0.2) is 158 Å². The van der Waals surface area contributed by atoms with Gasteiger partial charge in [-0.2, -0.15) is 0 Å². The first kappa shape index (κ1) is 31.9. The Hall–Kier alpha value is -4.30. The summed E-state index contributed by atoms with van der Waals surface area (Å²) < 4.78 is 28.8. The van der Waals surface area contributed by atoms with Crippen molar-refractivity contribution in [2.45, 2.75) is 44.7 Å². The highest BCUT2D eigenvalue weighted by atomic mass is 31.1. The molecule has 0 saturated heterocycles. The van der Waals surface area contributed by atoms with Crippen LogP contribution in [0.2, 0.25) is 0 Å². The van der Waals surface area contributed by atoms with Gasteiger partial charge in [-0.25, -0.2) is 0 Å². The second kappa shape index (κ2) is 13.9. The third kappa shape index (κ3) is 5.88. The zero-order chi connectivity index (χ0) is 33.2. The molecule has 2 aliphatic heterocycles. The molecule has 0 unspecified atom stereocenters. The van der Waals surface area contributed by atoms with Gasteiger partial charge in [0.25, 0.3) is 0 Å². The molecule has 0 aliphatic carbocycles. The van der Waals surface area contributed by atoms with E-state index in [1.165, 1.54) is 0 Å². The maximum absolute atomic E-state index is 7.22. The maximum Gasteiger partial charge on any atom is 0.231 e. The summed E-state index contributed by atoms with van der Waals surface area (Å²) in [5, 5.41) is 4.56. The summed E-state index contributed by atoms with van der Waals surface area (Å²) in [7, 11) is -2.37. The Morgan fingerprint density at radius 2 is 0.776 bits per heavy atom. The van der Waals surface area contributed by atoms with Crippen LogP contribution in [0, 0.1) is 0 Å². The van der Waals surface area contributed by atoms with E-state index in [4.69, 9.17) is 18.5 Å². The molecule has 1 spiro atoms. The summed E-state index contributed by atoms with van der Waals surface area (Å²) in [5.41, 5.74) is 4.08. The van der Waals surface area contributed by atoms with Crippen molar-refractivity contribution >= 4 is 37.5 Å². The van der Waals surface area contributed by atoms with E-state index in [1.54, 1.807) is 0 Å². The summed E-state index contributed by atoms with van der Waals surface area (Å²) in [4.78, 5) is 0. The number of benzene rings is 6. The van der Waals surface area contributed by atoms with Crippen molar-refractivity contribution < 1.29 is 18.5 Å². The van der Waals surface area contributed by atoms with Gasteiger partial charge in [-0.15, -0.1) is 0 Å². The van der Waals surface area contributed by atoms with Gasteiger partial charge in [0.2, 0.25) is 5.79 Å². The SMILES string of the molecule is CC[C@H]1OC2(O[C@H](CC)c3cccc(OP(c4ccccc4)c4ccccc4)c32)c2c(OP(c3ccccc3)c3ccccc3)cccc21. The molecule has 0 saturated carbocycles. The molecule has 0 aromatic heterocycles. The normalized spacial score (nSPS) is 17.3. The fourth-order valence-electron chi connectivity index (χ4n) is 6.97. The van der Waals surface area contributed by atoms with Crippen LogP contribution >= 0.6 is 16.3 Å². The fraction of sp³-hybridized carbons (Fsp3) is 0.163. The Balaban J connectivity index is 1.30. The third-order valence-corrected chi connectivity index (χ3v) is 13.0. The van der Waals surface area contributed by atoms with Gasteiger partial charge in [0.05, 0.1) is 23.3 Å². The Kier molecular flexibility index (Phi) is 9.06. The quantitative estimate of drug-likeness (QED) is 0.135. The van der Waals surface area contributed by atoms with Crippen molar-refractivity contribution in [2.75, 3.05) is 0 Å².